The van der Waals surface area contributed by atoms with Crippen LogP contribution in [0.15, 0.2) is 0 Å². The molecule has 0 aliphatic carbocycles. The molecule has 2 atom stereocenters. The zero-order chi connectivity index (χ0) is 13.3. The van der Waals surface area contributed by atoms with Crippen molar-refractivity contribution in [3.05, 3.63) is 0 Å². The molecule has 1 unspecified atom stereocenters. The minimum Gasteiger partial charge on any atom is -0.478 e. The summed E-state index contributed by atoms with van der Waals surface area (Å²) in [5, 5.41) is 8.74. The lowest BCUT2D eigenvalue weighted by atomic mass is 10.1. The van der Waals surface area contributed by atoms with Gasteiger partial charge in [0.2, 0.25) is 6.10 Å². The summed E-state index contributed by atoms with van der Waals surface area (Å²) in [5.74, 6) is -1.04. The SMILES string of the molecule is O=C(O)[C@H]1CN(CC2CCCS(=O)(=O)C2)C(=O)O1. The molecule has 0 radical (unpaired) electrons. The van der Waals surface area contributed by atoms with Gasteiger partial charge in [-0.15, -0.1) is 0 Å². The molecule has 102 valence electrons. The number of carbonyl (C=O) groups is 2. The fraction of sp³-hybridized carbons (Fsp3) is 0.800. The molecule has 1 N–H and O–H groups in total. The van der Waals surface area contributed by atoms with Gasteiger partial charge < -0.3 is 14.7 Å². The minimum atomic E-state index is -3.02. The van der Waals surface area contributed by atoms with E-state index in [1.807, 2.05) is 0 Å². The average Bonchev–Trinajstić information content (AvgIpc) is 2.59. The smallest absolute Gasteiger partial charge is 0.410 e. The van der Waals surface area contributed by atoms with Crippen LogP contribution in [0.25, 0.3) is 0 Å². The molecule has 18 heavy (non-hydrogen) atoms. The molecule has 2 saturated heterocycles. The molecule has 0 spiro atoms. The van der Waals surface area contributed by atoms with Crippen LogP contribution in [0.4, 0.5) is 4.79 Å². The molecular weight excluding hydrogens is 262 g/mol. The van der Waals surface area contributed by atoms with Crippen LogP contribution < -0.4 is 0 Å². The van der Waals surface area contributed by atoms with Gasteiger partial charge in [0.25, 0.3) is 0 Å². The molecule has 2 aliphatic rings. The van der Waals surface area contributed by atoms with Gasteiger partial charge in [-0.05, 0) is 18.8 Å². The second kappa shape index (κ2) is 4.75. The number of hydrogen-bond donors (Lipinski definition) is 1. The zero-order valence-electron chi connectivity index (χ0n) is 9.74. The molecule has 0 aromatic rings. The third-order valence-corrected chi connectivity index (χ3v) is 5.09. The number of carboxylic acid groups (broad SMARTS) is 1. The van der Waals surface area contributed by atoms with E-state index >= 15 is 0 Å². The highest BCUT2D eigenvalue weighted by Gasteiger charge is 2.38. The molecule has 2 rings (SSSR count). The van der Waals surface area contributed by atoms with Crippen molar-refractivity contribution in [2.24, 2.45) is 5.92 Å². The first kappa shape index (κ1) is 13.1. The van der Waals surface area contributed by atoms with E-state index in [1.54, 1.807) is 0 Å². The van der Waals surface area contributed by atoms with Gasteiger partial charge in [0, 0.05) is 6.54 Å². The summed E-state index contributed by atoms with van der Waals surface area (Å²) in [6, 6.07) is 0. The van der Waals surface area contributed by atoms with Crippen molar-refractivity contribution in [3.63, 3.8) is 0 Å². The van der Waals surface area contributed by atoms with Crippen LogP contribution >= 0.6 is 0 Å². The van der Waals surface area contributed by atoms with Gasteiger partial charge in [0.15, 0.2) is 9.84 Å². The van der Waals surface area contributed by atoms with Crippen molar-refractivity contribution < 1.29 is 27.9 Å². The Morgan fingerprint density at radius 3 is 2.78 bits per heavy atom. The lowest BCUT2D eigenvalue weighted by molar-refractivity contribution is -0.144. The van der Waals surface area contributed by atoms with Crippen LogP contribution in [-0.4, -0.2) is 61.2 Å². The number of cyclic esters (lactones) is 1. The van der Waals surface area contributed by atoms with Crippen molar-refractivity contribution >= 4 is 21.9 Å². The van der Waals surface area contributed by atoms with Gasteiger partial charge in [0.05, 0.1) is 18.1 Å². The molecule has 8 heteroatoms. The lowest BCUT2D eigenvalue weighted by Crippen LogP contribution is -2.37. The molecule has 7 nitrogen and oxygen atoms in total. The summed E-state index contributed by atoms with van der Waals surface area (Å²) >= 11 is 0. The molecule has 0 aromatic carbocycles. The Morgan fingerprint density at radius 1 is 1.50 bits per heavy atom. The third kappa shape index (κ3) is 2.92. The van der Waals surface area contributed by atoms with E-state index in [0.717, 1.165) is 6.42 Å². The lowest BCUT2D eigenvalue weighted by Gasteiger charge is -2.25. The Bertz CT molecular complexity index is 459. The van der Waals surface area contributed by atoms with Crippen molar-refractivity contribution in [2.75, 3.05) is 24.6 Å². The van der Waals surface area contributed by atoms with Crippen molar-refractivity contribution in [1.29, 1.82) is 0 Å². The highest BCUT2D eigenvalue weighted by Crippen LogP contribution is 2.22. The van der Waals surface area contributed by atoms with E-state index < -0.39 is 28.0 Å². The zero-order valence-corrected chi connectivity index (χ0v) is 10.6. The fourth-order valence-corrected chi connectivity index (χ4v) is 4.12. The van der Waals surface area contributed by atoms with Crippen molar-refractivity contribution in [2.45, 2.75) is 18.9 Å². The van der Waals surface area contributed by atoms with Gasteiger partial charge in [-0.2, -0.15) is 0 Å². The Labute approximate surface area is 105 Å². The number of amides is 1. The first-order chi connectivity index (χ1) is 8.37. The van der Waals surface area contributed by atoms with E-state index in [2.05, 4.69) is 4.74 Å². The molecule has 2 fully saturated rings. The van der Waals surface area contributed by atoms with Gasteiger partial charge in [0.1, 0.15) is 0 Å². The predicted molar refractivity (Wildman–Crippen MR) is 60.9 cm³/mol. The summed E-state index contributed by atoms with van der Waals surface area (Å²) in [7, 11) is -3.02. The van der Waals surface area contributed by atoms with Crippen LogP contribution in [0.5, 0.6) is 0 Å². The normalized spacial score (nSPS) is 31.1. The van der Waals surface area contributed by atoms with E-state index in [0.29, 0.717) is 6.42 Å². The number of carboxylic acids is 1. The van der Waals surface area contributed by atoms with Gasteiger partial charge in [-0.1, -0.05) is 0 Å². The number of carbonyl (C=O) groups excluding carboxylic acids is 1. The topological polar surface area (TPSA) is 101 Å². The van der Waals surface area contributed by atoms with Crippen LogP contribution in [0, 0.1) is 5.92 Å². The Kier molecular flexibility index (Phi) is 3.47. The highest BCUT2D eigenvalue weighted by atomic mass is 32.2. The fourth-order valence-electron chi connectivity index (χ4n) is 2.36. The second-order valence-corrected chi connectivity index (χ2v) is 6.97. The summed E-state index contributed by atoms with van der Waals surface area (Å²) in [4.78, 5) is 23.4. The maximum Gasteiger partial charge on any atom is 0.410 e. The Hall–Kier alpha value is -1.31. The van der Waals surface area contributed by atoms with E-state index in [4.69, 9.17) is 5.11 Å². The molecule has 1 amide bonds. The Morgan fingerprint density at radius 2 is 2.22 bits per heavy atom. The molecule has 2 heterocycles. The molecule has 0 saturated carbocycles. The monoisotopic (exact) mass is 277 g/mol. The van der Waals surface area contributed by atoms with E-state index in [9.17, 15) is 18.0 Å². The van der Waals surface area contributed by atoms with E-state index in [-0.39, 0.29) is 30.5 Å². The average molecular weight is 277 g/mol. The minimum absolute atomic E-state index is 0.00921. The quantitative estimate of drug-likeness (QED) is 0.761. The highest BCUT2D eigenvalue weighted by molar-refractivity contribution is 7.91. The molecular formula is C10H15NO6S. The van der Waals surface area contributed by atoms with Gasteiger partial charge >= 0.3 is 12.1 Å². The largest absolute Gasteiger partial charge is 0.478 e. The maximum atomic E-state index is 11.5. The standard InChI is InChI=1S/C10H15NO6S/c12-9(13)8-5-11(10(14)17-8)4-7-2-1-3-18(15,16)6-7/h7-8H,1-6H2,(H,12,13)/t7?,8-/m1/s1. The number of nitrogens with zero attached hydrogens (tertiary/aromatic N) is 1. The van der Waals surface area contributed by atoms with Crippen molar-refractivity contribution in [3.8, 4) is 0 Å². The van der Waals surface area contributed by atoms with E-state index in [1.165, 1.54) is 4.90 Å². The van der Waals surface area contributed by atoms with Gasteiger partial charge in [-0.25, -0.2) is 18.0 Å². The first-order valence-corrected chi connectivity index (χ1v) is 7.58. The summed E-state index contributed by atoms with van der Waals surface area (Å²) in [5.41, 5.74) is 0. The number of rotatable bonds is 3. The molecule has 0 aromatic heterocycles. The number of ether oxygens (including phenoxy) is 1. The predicted octanol–water partition coefficient (Wildman–Crippen LogP) is -0.283. The molecule has 0 bridgehead atoms. The Balaban J connectivity index is 1.94. The summed E-state index contributed by atoms with van der Waals surface area (Å²) < 4.78 is 27.6. The second-order valence-electron chi connectivity index (χ2n) is 4.74. The number of aliphatic carboxylic acids is 1. The third-order valence-electron chi connectivity index (χ3n) is 3.20. The van der Waals surface area contributed by atoms with Crippen LogP contribution in [0.2, 0.25) is 0 Å². The molecule has 2 aliphatic heterocycles. The summed E-state index contributed by atoms with van der Waals surface area (Å²) in [6.45, 7) is 0.243. The van der Waals surface area contributed by atoms with Crippen LogP contribution in [0.3, 0.4) is 0 Å². The maximum absolute atomic E-state index is 11.5. The van der Waals surface area contributed by atoms with Gasteiger partial charge in [-0.3, -0.25) is 0 Å². The van der Waals surface area contributed by atoms with Crippen LogP contribution in [0.1, 0.15) is 12.8 Å². The number of sulfone groups is 1. The first-order valence-electron chi connectivity index (χ1n) is 5.76. The van der Waals surface area contributed by atoms with Crippen molar-refractivity contribution in [1.82, 2.24) is 4.90 Å². The summed E-state index contributed by atoms with van der Waals surface area (Å²) in [6.07, 6.45) is -0.484. The van der Waals surface area contributed by atoms with Crippen LogP contribution in [-0.2, 0) is 19.4 Å². The number of hydrogen-bond acceptors (Lipinski definition) is 5.